The number of amides is 1. The van der Waals surface area contributed by atoms with Crippen LogP contribution in [0.5, 0.6) is 0 Å². The van der Waals surface area contributed by atoms with Gasteiger partial charge in [0.25, 0.3) is 5.91 Å². The van der Waals surface area contributed by atoms with Gasteiger partial charge >= 0.3 is 0 Å². The highest BCUT2D eigenvalue weighted by Gasteiger charge is 2.07. The third kappa shape index (κ3) is 5.04. The summed E-state index contributed by atoms with van der Waals surface area (Å²) >= 11 is 0. The third-order valence-corrected chi connectivity index (χ3v) is 3.12. The van der Waals surface area contributed by atoms with E-state index in [0.29, 0.717) is 12.1 Å². The molecule has 0 fully saturated rings. The minimum Gasteiger partial charge on any atom is -0.384 e. The van der Waals surface area contributed by atoms with E-state index in [0.717, 1.165) is 24.2 Å². The third-order valence-electron chi connectivity index (χ3n) is 3.12. The molecule has 20 heavy (non-hydrogen) atoms. The summed E-state index contributed by atoms with van der Waals surface area (Å²) in [6, 6.07) is 5.42. The Morgan fingerprint density at radius 3 is 2.85 bits per heavy atom. The molecular formula is C16H22N2O2. The molecule has 0 aromatic heterocycles. The van der Waals surface area contributed by atoms with Crippen LogP contribution in [0.1, 0.15) is 28.4 Å². The number of hydrogen-bond donors (Lipinski definition) is 2. The summed E-state index contributed by atoms with van der Waals surface area (Å²) in [4.78, 5) is 14.2. The second kappa shape index (κ2) is 8.36. The number of carbonyl (C=O) groups is 1. The molecule has 4 nitrogen and oxygen atoms in total. The van der Waals surface area contributed by atoms with Crippen LogP contribution >= 0.6 is 0 Å². The molecule has 1 aromatic rings. The van der Waals surface area contributed by atoms with Crippen LogP contribution in [0.4, 0.5) is 0 Å². The lowest BCUT2D eigenvalue weighted by Crippen LogP contribution is -2.32. The van der Waals surface area contributed by atoms with Gasteiger partial charge in [0, 0.05) is 24.2 Å². The molecule has 1 rings (SSSR count). The number of carbonyl (C=O) groups excluding carboxylic acids is 1. The van der Waals surface area contributed by atoms with Crippen molar-refractivity contribution in [2.75, 3.05) is 33.3 Å². The molecule has 0 aliphatic rings. The zero-order valence-corrected chi connectivity index (χ0v) is 12.4. The molecular weight excluding hydrogens is 252 g/mol. The van der Waals surface area contributed by atoms with E-state index < -0.39 is 0 Å². The highest BCUT2D eigenvalue weighted by molar-refractivity contribution is 5.94. The topological polar surface area (TPSA) is 52.6 Å². The number of aryl methyl sites for hydroxylation is 1. The van der Waals surface area contributed by atoms with Crippen LogP contribution in [-0.4, -0.2) is 49.2 Å². The Hall–Kier alpha value is -1.83. The lowest BCUT2D eigenvalue weighted by Gasteiger charge is -2.14. The van der Waals surface area contributed by atoms with E-state index in [2.05, 4.69) is 29.0 Å². The second-order valence-corrected chi connectivity index (χ2v) is 4.64. The molecule has 0 saturated heterocycles. The summed E-state index contributed by atoms with van der Waals surface area (Å²) in [5, 5.41) is 11.6. The van der Waals surface area contributed by atoms with Crippen LogP contribution in [-0.2, 0) is 0 Å². The molecule has 108 valence electrons. The predicted octanol–water partition coefficient (Wildman–Crippen LogP) is 1.02. The van der Waals surface area contributed by atoms with Gasteiger partial charge in [0.15, 0.2) is 0 Å². The van der Waals surface area contributed by atoms with Gasteiger partial charge in [0.05, 0.1) is 0 Å². The van der Waals surface area contributed by atoms with Crippen LogP contribution < -0.4 is 5.32 Å². The summed E-state index contributed by atoms with van der Waals surface area (Å²) in [6.45, 7) is 6.23. The molecule has 1 amide bonds. The van der Waals surface area contributed by atoms with E-state index in [1.54, 1.807) is 12.1 Å². The fourth-order valence-electron chi connectivity index (χ4n) is 1.65. The highest BCUT2D eigenvalue weighted by Crippen LogP contribution is 2.10. The van der Waals surface area contributed by atoms with Crippen molar-refractivity contribution in [3.63, 3.8) is 0 Å². The zero-order valence-electron chi connectivity index (χ0n) is 12.4. The van der Waals surface area contributed by atoms with Crippen molar-refractivity contribution in [3.05, 3.63) is 34.9 Å². The van der Waals surface area contributed by atoms with Gasteiger partial charge in [0.1, 0.15) is 6.61 Å². The Morgan fingerprint density at radius 1 is 1.45 bits per heavy atom. The van der Waals surface area contributed by atoms with Gasteiger partial charge in [-0.15, -0.1) is 0 Å². The molecule has 0 aliphatic carbocycles. The predicted molar refractivity (Wildman–Crippen MR) is 80.6 cm³/mol. The van der Waals surface area contributed by atoms with Gasteiger partial charge in [-0.1, -0.05) is 24.8 Å². The monoisotopic (exact) mass is 274 g/mol. The smallest absolute Gasteiger partial charge is 0.251 e. The first kappa shape index (κ1) is 16.2. The Labute approximate surface area is 120 Å². The van der Waals surface area contributed by atoms with E-state index in [9.17, 15) is 4.79 Å². The summed E-state index contributed by atoms with van der Waals surface area (Å²) in [7, 11) is 2.01. The number of nitrogens with zero attached hydrogens (tertiary/aromatic N) is 1. The molecule has 4 heteroatoms. The molecule has 0 bridgehead atoms. The molecule has 0 saturated carbocycles. The lowest BCUT2D eigenvalue weighted by atomic mass is 10.0. The molecule has 0 aliphatic heterocycles. The SMILES string of the molecule is CCN(C)CCNC(=O)c1ccc(C)c(C#CCO)c1. The number of aliphatic hydroxyl groups excluding tert-OH is 1. The number of benzene rings is 1. The standard InChI is InChI=1S/C16H22N2O2/c1-4-18(3)10-9-17-16(20)15-8-7-13(2)14(12-15)6-5-11-19/h7-8,12,19H,4,9-11H2,1-3H3,(H,17,20). The molecule has 1 aromatic carbocycles. The van der Waals surface area contributed by atoms with Crippen LogP contribution in [0.2, 0.25) is 0 Å². The molecule has 2 N–H and O–H groups in total. The van der Waals surface area contributed by atoms with Crippen molar-refractivity contribution in [2.45, 2.75) is 13.8 Å². The Morgan fingerprint density at radius 2 is 2.20 bits per heavy atom. The number of nitrogens with one attached hydrogen (secondary N) is 1. The summed E-state index contributed by atoms with van der Waals surface area (Å²) in [5.74, 6) is 5.36. The van der Waals surface area contributed by atoms with Gasteiger partial charge in [-0.05, 0) is 38.2 Å². The van der Waals surface area contributed by atoms with Crippen LogP contribution in [0.3, 0.4) is 0 Å². The normalized spacial score (nSPS) is 10.1. The summed E-state index contributed by atoms with van der Waals surface area (Å²) in [5.41, 5.74) is 2.36. The second-order valence-electron chi connectivity index (χ2n) is 4.64. The van der Waals surface area contributed by atoms with Crippen molar-refractivity contribution in [3.8, 4) is 11.8 Å². The maximum Gasteiger partial charge on any atom is 0.251 e. The fourth-order valence-corrected chi connectivity index (χ4v) is 1.65. The van der Waals surface area contributed by atoms with Gasteiger partial charge in [-0.3, -0.25) is 4.79 Å². The van der Waals surface area contributed by atoms with E-state index in [-0.39, 0.29) is 12.5 Å². The van der Waals surface area contributed by atoms with Crippen LogP contribution in [0.25, 0.3) is 0 Å². The lowest BCUT2D eigenvalue weighted by molar-refractivity contribution is 0.0950. The van der Waals surface area contributed by atoms with Crippen molar-refractivity contribution in [1.82, 2.24) is 10.2 Å². The van der Waals surface area contributed by atoms with Crippen LogP contribution in [0.15, 0.2) is 18.2 Å². The average molecular weight is 274 g/mol. The maximum absolute atomic E-state index is 12.0. The number of aliphatic hydroxyl groups is 1. The van der Waals surface area contributed by atoms with E-state index in [1.807, 2.05) is 20.0 Å². The number of likely N-dealkylation sites (N-methyl/N-ethyl adjacent to an activating group) is 1. The van der Waals surface area contributed by atoms with Gasteiger partial charge in [0.2, 0.25) is 0 Å². The minimum atomic E-state index is -0.181. The molecule has 0 radical (unpaired) electrons. The minimum absolute atomic E-state index is 0.0958. The Bertz CT molecular complexity index is 515. The molecule has 0 unspecified atom stereocenters. The van der Waals surface area contributed by atoms with E-state index in [1.165, 1.54) is 0 Å². The number of rotatable bonds is 5. The summed E-state index contributed by atoms with van der Waals surface area (Å²) in [6.07, 6.45) is 0. The largest absolute Gasteiger partial charge is 0.384 e. The molecule has 0 spiro atoms. The van der Waals surface area contributed by atoms with Crippen molar-refractivity contribution >= 4 is 5.91 Å². The van der Waals surface area contributed by atoms with Gasteiger partial charge in [-0.25, -0.2) is 0 Å². The molecule has 0 atom stereocenters. The quantitative estimate of drug-likeness (QED) is 0.788. The van der Waals surface area contributed by atoms with Gasteiger partial charge in [-0.2, -0.15) is 0 Å². The van der Waals surface area contributed by atoms with Crippen LogP contribution in [0, 0.1) is 18.8 Å². The first-order valence-electron chi connectivity index (χ1n) is 6.75. The first-order chi connectivity index (χ1) is 9.58. The first-order valence-corrected chi connectivity index (χ1v) is 6.75. The maximum atomic E-state index is 12.0. The van der Waals surface area contributed by atoms with Gasteiger partial charge < -0.3 is 15.3 Å². The zero-order chi connectivity index (χ0) is 15.0. The highest BCUT2D eigenvalue weighted by atomic mass is 16.2. The Kier molecular flexibility index (Phi) is 6.78. The van der Waals surface area contributed by atoms with Crippen molar-refractivity contribution in [1.29, 1.82) is 0 Å². The summed E-state index contributed by atoms with van der Waals surface area (Å²) < 4.78 is 0. The van der Waals surface area contributed by atoms with Crippen molar-refractivity contribution < 1.29 is 9.90 Å². The molecule has 0 heterocycles. The Balaban J connectivity index is 2.69. The van der Waals surface area contributed by atoms with Crippen molar-refractivity contribution in [2.24, 2.45) is 0 Å². The number of hydrogen-bond acceptors (Lipinski definition) is 3. The fraction of sp³-hybridized carbons (Fsp3) is 0.438. The van der Waals surface area contributed by atoms with E-state index >= 15 is 0 Å². The average Bonchev–Trinajstić information content (AvgIpc) is 2.46. The van der Waals surface area contributed by atoms with E-state index in [4.69, 9.17) is 5.11 Å².